The molecule has 0 fully saturated rings. The molecular formula is C9H16F3NO3. The highest BCUT2D eigenvalue weighted by Crippen LogP contribution is 2.30. The Kier molecular flexibility index (Phi) is 4.35. The Labute approximate surface area is 91.5 Å². The Hall–Kier alpha value is -0.820. The van der Waals surface area contributed by atoms with E-state index in [1.54, 1.807) is 0 Å². The molecule has 7 heteroatoms. The molecule has 0 aliphatic rings. The minimum atomic E-state index is -4.89. The second-order valence-corrected chi connectivity index (χ2v) is 4.42. The van der Waals surface area contributed by atoms with Crippen LogP contribution in [0.2, 0.25) is 0 Å². The zero-order valence-corrected chi connectivity index (χ0v) is 9.35. The largest absolute Gasteiger partial charge is 0.480 e. The van der Waals surface area contributed by atoms with E-state index in [2.05, 4.69) is 0 Å². The number of aliphatic carboxylic acids is 1. The van der Waals surface area contributed by atoms with E-state index in [1.807, 2.05) is 5.32 Å². The molecule has 4 nitrogen and oxygen atoms in total. The van der Waals surface area contributed by atoms with Crippen molar-refractivity contribution in [1.29, 1.82) is 0 Å². The summed E-state index contributed by atoms with van der Waals surface area (Å²) in [5.74, 6) is -1.99. The number of hydrogen-bond acceptors (Lipinski definition) is 3. The van der Waals surface area contributed by atoms with Crippen LogP contribution in [-0.2, 0) is 4.79 Å². The maximum Gasteiger partial charge on any atom is 0.417 e. The summed E-state index contributed by atoms with van der Waals surface area (Å²) in [7, 11) is 0. The molecule has 1 atom stereocenters. The number of hydrogen-bond donors (Lipinski definition) is 3. The fraction of sp³-hybridized carbons (Fsp3) is 0.889. The number of halogens is 3. The first-order chi connectivity index (χ1) is 6.90. The van der Waals surface area contributed by atoms with E-state index in [-0.39, 0.29) is 13.0 Å². The number of carbonyl (C=O) groups is 1. The van der Waals surface area contributed by atoms with Crippen molar-refractivity contribution < 1.29 is 28.2 Å². The Morgan fingerprint density at radius 1 is 1.25 bits per heavy atom. The minimum Gasteiger partial charge on any atom is -0.480 e. The highest BCUT2D eigenvalue weighted by atomic mass is 19.4. The van der Waals surface area contributed by atoms with Crippen molar-refractivity contribution in [1.82, 2.24) is 5.32 Å². The van der Waals surface area contributed by atoms with Crippen LogP contribution in [0.1, 0.15) is 27.2 Å². The quantitative estimate of drug-likeness (QED) is 0.677. The molecule has 0 spiro atoms. The van der Waals surface area contributed by atoms with Crippen LogP contribution in [0.5, 0.6) is 0 Å². The van der Waals surface area contributed by atoms with E-state index >= 15 is 0 Å². The van der Waals surface area contributed by atoms with Crippen molar-refractivity contribution in [3.8, 4) is 0 Å². The molecule has 1 unspecified atom stereocenters. The maximum atomic E-state index is 12.5. The molecule has 96 valence electrons. The first-order valence-electron chi connectivity index (χ1n) is 4.68. The van der Waals surface area contributed by atoms with Crippen LogP contribution in [0.4, 0.5) is 13.2 Å². The van der Waals surface area contributed by atoms with E-state index in [4.69, 9.17) is 5.11 Å². The van der Waals surface area contributed by atoms with Gasteiger partial charge in [-0.3, -0.25) is 5.32 Å². The molecule has 3 N–H and O–H groups in total. The summed E-state index contributed by atoms with van der Waals surface area (Å²) < 4.78 is 37.4. The standard InChI is InChI=1S/C9H16F3NO3/c1-7(2,16)4-5-13-8(3,6(14)15)9(10,11)12/h13,16H,4-5H2,1-3H3,(H,14,15). The van der Waals surface area contributed by atoms with Crippen LogP contribution >= 0.6 is 0 Å². The zero-order chi connectivity index (χ0) is 13.2. The van der Waals surface area contributed by atoms with Gasteiger partial charge in [-0.15, -0.1) is 0 Å². The lowest BCUT2D eigenvalue weighted by atomic mass is 10.00. The van der Waals surface area contributed by atoms with Gasteiger partial charge in [0.1, 0.15) is 0 Å². The number of carboxylic acids is 1. The van der Waals surface area contributed by atoms with Crippen molar-refractivity contribution in [2.24, 2.45) is 0 Å². The molecule has 0 bridgehead atoms. The predicted molar refractivity (Wildman–Crippen MR) is 51.0 cm³/mol. The highest BCUT2D eigenvalue weighted by Gasteiger charge is 2.57. The average Bonchev–Trinajstić information content (AvgIpc) is 1.98. The Bertz CT molecular complexity index is 260. The topological polar surface area (TPSA) is 69.6 Å². The Balaban J connectivity index is 4.55. The van der Waals surface area contributed by atoms with Gasteiger partial charge >= 0.3 is 12.1 Å². The molecular weight excluding hydrogens is 227 g/mol. The predicted octanol–water partition coefficient (Wildman–Crippen LogP) is 1.14. The summed E-state index contributed by atoms with van der Waals surface area (Å²) in [6.07, 6.45) is -4.87. The second kappa shape index (κ2) is 4.58. The van der Waals surface area contributed by atoms with Crippen LogP contribution in [0, 0.1) is 0 Å². The third-order valence-electron chi connectivity index (χ3n) is 2.21. The van der Waals surface area contributed by atoms with Crippen LogP contribution < -0.4 is 5.32 Å². The number of rotatable bonds is 5. The van der Waals surface area contributed by atoms with Crippen LogP contribution in [-0.4, -0.2) is 40.0 Å². The molecule has 0 aromatic carbocycles. The summed E-state index contributed by atoms with van der Waals surface area (Å²) in [4.78, 5) is 10.6. The first-order valence-corrected chi connectivity index (χ1v) is 4.68. The lowest BCUT2D eigenvalue weighted by Gasteiger charge is -2.30. The van der Waals surface area contributed by atoms with Gasteiger partial charge in [-0.2, -0.15) is 13.2 Å². The third-order valence-corrected chi connectivity index (χ3v) is 2.21. The van der Waals surface area contributed by atoms with Gasteiger partial charge in [0.2, 0.25) is 5.54 Å². The molecule has 0 heterocycles. The van der Waals surface area contributed by atoms with Gasteiger partial charge in [0.05, 0.1) is 5.60 Å². The van der Waals surface area contributed by atoms with Crippen molar-refractivity contribution in [2.75, 3.05) is 6.54 Å². The second-order valence-electron chi connectivity index (χ2n) is 4.42. The zero-order valence-electron chi connectivity index (χ0n) is 9.35. The molecule has 0 rings (SSSR count). The maximum absolute atomic E-state index is 12.5. The van der Waals surface area contributed by atoms with Crippen molar-refractivity contribution in [3.63, 3.8) is 0 Å². The van der Waals surface area contributed by atoms with Crippen LogP contribution in [0.25, 0.3) is 0 Å². The molecule has 16 heavy (non-hydrogen) atoms. The van der Waals surface area contributed by atoms with Crippen molar-refractivity contribution in [2.45, 2.75) is 44.5 Å². The Morgan fingerprint density at radius 3 is 1.94 bits per heavy atom. The Morgan fingerprint density at radius 2 is 1.69 bits per heavy atom. The lowest BCUT2D eigenvalue weighted by molar-refractivity contribution is -0.206. The summed E-state index contributed by atoms with van der Waals surface area (Å²) in [5.41, 5.74) is -4.13. The van der Waals surface area contributed by atoms with Crippen LogP contribution in [0.15, 0.2) is 0 Å². The number of alkyl halides is 3. The van der Waals surface area contributed by atoms with E-state index in [0.717, 1.165) is 0 Å². The van der Waals surface area contributed by atoms with Gasteiger partial charge in [-0.05, 0) is 33.7 Å². The summed E-state index contributed by atoms with van der Waals surface area (Å²) >= 11 is 0. The first kappa shape index (κ1) is 15.2. The molecule has 0 aliphatic carbocycles. The third kappa shape index (κ3) is 3.97. The number of carboxylic acid groups (broad SMARTS) is 1. The average molecular weight is 243 g/mol. The number of aliphatic hydroxyl groups is 1. The van der Waals surface area contributed by atoms with Crippen LogP contribution in [0.3, 0.4) is 0 Å². The normalized spacial score (nSPS) is 16.9. The lowest BCUT2D eigenvalue weighted by Crippen LogP contribution is -2.60. The summed E-state index contributed by atoms with van der Waals surface area (Å²) in [6.45, 7) is 3.17. The van der Waals surface area contributed by atoms with Gasteiger partial charge in [-0.1, -0.05) is 0 Å². The van der Waals surface area contributed by atoms with Gasteiger partial charge in [0, 0.05) is 0 Å². The monoisotopic (exact) mass is 243 g/mol. The molecule has 0 aromatic rings. The summed E-state index contributed by atoms with van der Waals surface area (Å²) in [5, 5.41) is 19.7. The highest BCUT2D eigenvalue weighted by molar-refractivity contribution is 5.79. The number of nitrogens with one attached hydrogen (secondary N) is 1. The molecule has 0 saturated heterocycles. The molecule has 0 aliphatic heterocycles. The van der Waals surface area contributed by atoms with E-state index in [9.17, 15) is 23.1 Å². The van der Waals surface area contributed by atoms with E-state index in [0.29, 0.717) is 6.92 Å². The van der Waals surface area contributed by atoms with E-state index in [1.165, 1.54) is 13.8 Å². The molecule has 0 radical (unpaired) electrons. The van der Waals surface area contributed by atoms with E-state index < -0.39 is 23.3 Å². The fourth-order valence-electron chi connectivity index (χ4n) is 0.915. The van der Waals surface area contributed by atoms with Gasteiger partial charge in [-0.25, -0.2) is 4.79 Å². The van der Waals surface area contributed by atoms with Crippen molar-refractivity contribution in [3.05, 3.63) is 0 Å². The fourth-order valence-corrected chi connectivity index (χ4v) is 0.915. The molecule has 0 aromatic heterocycles. The molecule has 0 amide bonds. The minimum absolute atomic E-state index is 0.0198. The summed E-state index contributed by atoms with van der Waals surface area (Å²) in [6, 6.07) is 0. The van der Waals surface area contributed by atoms with Crippen molar-refractivity contribution >= 4 is 5.97 Å². The van der Waals surface area contributed by atoms with Gasteiger partial charge in [0.25, 0.3) is 0 Å². The van der Waals surface area contributed by atoms with Gasteiger partial charge < -0.3 is 10.2 Å². The van der Waals surface area contributed by atoms with Gasteiger partial charge in [0.15, 0.2) is 0 Å². The smallest absolute Gasteiger partial charge is 0.417 e. The SMILES string of the molecule is CC(C)(O)CCNC(C)(C(=O)O)C(F)(F)F. The molecule has 0 saturated carbocycles.